The number of carbonyl (C=O) groups is 1. The lowest BCUT2D eigenvalue weighted by molar-refractivity contribution is 0.0954. The smallest absolute Gasteiger partial charge is 0.261 e. The van der Waals surface area contributed by atoms with Crippen molar-refractivity contribution in [3.05, 3.63) is 45.9 Å². The average molecular weight is 375 g/mol. The van der Waals surface area contributed by atoms with Gasteiger partial charge < -0.3 is 11.1 Å². The number of carbonyl (C=O) groups excluding carboxylic acids is 1. The minimum absolute atomic E-state index is 0.0598. The Balaban J connectivity index is 1.60. The first-order chi connectivity index (χ1) is 12.0. The molecule has 1 aliphatic carbocycles. The zero-order valence-electron chi connectivity index (χ0n) is 13.8. The number of benzene rings is 1. The second kappa shape index (κ2) is 6.44. The number of halogens is 1. The van der Waals surface area contributed by atoms with E-state index >= 15 is 0 Å². The Kier molecular flexibility index (Phi) is 4.27. The highest BCUT2D eigenvalue weighted by Gasteiger charge is 2.28. The van der Waals surface area contributed by atoms with Crippen molar-refractivity contribution in [2.45, 2.75) is 25.8 Å². The van der Waals surface area contributed by atoms with Gasteiger partial charge in [-0.25, -0.2) is 4.68 Å². The summed E-state index contributed by atoms with van der Waals surface area (Å²) in [5, 5.41) is 9.22. The molecule has 1 unspecified atom stereocenters. The van der Waals surface area contributed by atoms with E-state index in [0.29, 0.717) is 22.4 Å². The quantitative estimate of drug-likeness (QED) is 0.717. The Morgan fingerprint density at radius 3 is 2.84 bits per heavy atom. The molecule has 0 bridgehead atoms. The number of thiophene rings is 1. The Labute approximate surface area is 154 Å². The summed E-state index contributed by atoms with van der Waals surface area (Å²) in [7, 11) is 0. The van der Waals surface area contributed by atoms with Gasteiger partial charge in [0, 0.05) is 23.0 Å². The van der Waals surface area contributed by atoms with Crippen LogP contribution in [0.25, 0.3) is 15.9 Å². The molecule has 1 atom stereocenters. The molecular weight excluding hydrogens is 356 g/mol. The molecule has 0 saturated heterocycles. The second-order valence-electron chi connectivity index (χ2n) is 6.51. The maximum Gasteiger partial charge on any atom is 0.261 e. The SMILES string of the molecule is Cc1nn(-c2ccc(Cl)cc2)c2sc(C(=O)NCC(N)C3CC3)cc12. The van der Waals surface area contributed by atoms with Gasteiger partial charge in [0.05, 0.1) is 16.3 Å². The van der Waals surface area contributed by atoms with Gasteiger partial charge in [-0.2, -0.15) is 5.10 Å². The molecule has 1 saturated carbocycles. The number of rotatable bonds is 5. The number of fused-ring (bicyclic) bond motifs is 1. The van der Waals surface area contributed by atoms with Crippen LogP contribution in [0.5, 0.6) is 0 Å². The number of nitrogens with zero attached hydrogens (tertiary/aromatic N) is 2. The minimum atomic E-state index is -0.0700. The summed E-state index contributed by atoms with van der Waals surface area (Å²) in [4.78, 5) is 14.1. The summed E-state index contributed by atoms with van der Waals surface area (Å²) in [5.41, 5.74) is 7.88. The lowest BCUT2D eigenvalue weighted by atomic mass is 10.2. The molecule has 2 aromatic heterocycles. The Bertz CT molecular complexity index is 927. The van der Waals surface area contributed by atoms with Crippen LogP contribution in [0.4, 0.5) is 0 Å². The standard InChI is InChI=1S/C18H19ClN4OS/c1-10-14-8-16(17(24)21-9-15(20)11-2-3-11)25-18(14)23(22-10)13-6-4-12(19)5-7-13/h4-8,11,15H,2-3,9,20H2,1H3,(H,21,24). The monoisotopic (exact) mass is 374 g/mol. The molecule has 1 aromatic carbocycles. The predicted octanol–water partition coefficient (Wildman–Crippen LogP) is 3.52. The van der Waals surface area contributed by atoms with Gasteiger partial charge in [0.2, 0.25) is 0 Å². The van der Waals surface area contributed by atoms with Crippen LogP contribution in [-0.4, -0.2) is 28.3 Å². The van der Waals surface area contributed by atoms with Crippen molar-refractivity contribution in [2.75, 3.05) is 6.54 Å². The third-order valence-corrected chi connectivity index (χ3v) is 5.93. The van der Waals surface area contributed by atoms with Gasteiger partial charge in [-0.15, -0.1) is 11.3 Å². The molecule has 5 nitrogen and oxygen atoms in total. The van der Waals surface area contributed by atoms with E-state index in [0.717, 1.165) is 21.6 Å². The van der Waals surface area contributed by atoms with Gasteiger partial charge in [-0.05, 0) is 56.0 Å². The number of nitrogens with one attached hydrogen (secondary N) is 1. The number of hydrogen-bond acceptors (Lipinski definition) is 4. The molecule has 130 valence electrons. The summed E-state index contributed by atoms with van der Waals surface area (Å²) in [5.74, 6) is 0.503. The van der Waals surface area contributed by atoms with Gasteiger partial charge >= 0.3 is 0 Å². The molecule has 0 spiro atoms. The van der Waals surface area contributed by atoms with Crippen LogP contribution in [-0.2, 0) is 0 Å². The first-order valence-electron chi connectivity index (χ1n) is 8.32. The molecular formula is C18H19ClN4OS. The first-order valence-corrected chi connectivity index (χ1v) is 9.51. The molecule has 4 rings (SSSR count). The molecule has 3 aromatic rings. The van der Waals surface area contributed by atoms with Crippen molar-refractivity contribution in [2.24, 2.45) is 11.7 Å². The van der Waals surface area contributed by atoms with Crippen molar-refractivity contribution in [3.8, 4) is 5.69 Å². The van der Waals surface area contributed by atoms with Gasteiger partial charge in [0.25, 0.3) is 5.91 Å². The zero-order valence-corrected chi connectivity index (χ0v) is 15.4. The van der Waals surface area contributed by atoms with Gasteiger partial charge in [-0.3, -0.25) is 4.79 Å². The fourth-order valence-corrected chi connectivity index (χ4v) is 4.13. The maximum atomic E-state index is 12.5. The van der Waals surface area contributed by atoms with Crippen molar-refractivity contribution in [1.82, 2.24) is 15.1 Å². The molecule has 3 N–H and O–H groups in total. The van der Waals surface area contributed by atoms with E-state index in [4.69, 9.17) is 17.3 Å². The van der Waals surface area contributed by atoms with E-state index in [9.17, 15) is 4.79 Å². The summed E-state index contributed by atoms with van der Waals surface area (Å²) < 4.78 is 1.86. The highest BCUT2D eigenvalue weighted by molar-refractivity contribution is 7.20. The summed E-state index contributed by atoms with van der Waals surface area (Å²) in [6, 6.07) is 9.47. The fraction of sp³-hybridized carbons (Fsp3) is 0.333. The van der Waals surface area contributed by atoms with E-state index < -0.39 is 0 Å². The Morgan fingerprint density at radius 2 is 2.16 bits per heavy atom. The second-order valence-corrected chi connectivity index (χ2v) is 7.98. The predicted molar refractivity (Wildman–Crippen MR) is 102 cm³/mol. The van der Waals surface area contributed by atoms with E-state index in [1.165, 1.54) is 24.2 Å². The maximum absolute atomic E-state index is 12.5. The molecule has 1 fully saturated rings. The highest BCUT2D eigenvalue weighted by Crippen LogP contribution is 2.32. The van der Waals surface area contributed by atoms with Crippen LogP contribution in [0.15, 0.2) is 30.3 Å². The molecule has 1 amide bonds. The number of aromatic nitrogens is 2. The Morgan fingerprint density at radius 1 is 1.44 bits per heavy atom. The number of aryl methyl sites for hydroxylation is 1. The van der Waals surface area contributed by atoms with Crippen LogP contribution < -0.4 is 11.1 Å². The van der Waals surface area contributed by atoms with E-state index in [1.54, 1.807) is 0 Å². The average Bonchev–Trinajstić information content (AvgIpc) is 3.29. The number of nitrogens with two attached hydrogens (primary N) is 1. The molecule has 2 heterocycles. The van der Waals surface area contributed by atoms with Crippen molar-refractivity contribution >= 4 is 39.1 Å². The van der Waals surface area contributed by atoms with Gasteiger partial charge in [0.1, 0.15) is 4.83 Å². The van der Waals surface area contributed by atoms with Gasteiger partial charge in [0.15, 0.2) is 0 Å². The van der Waals surface area contributed by atoms with Gasteiger partial charge in [-0.1, -0.05) is 11.6 Å². The number of hydrogen-bond donors (Lipinski definition) is 2. The normalized spacial score (nSPS) is 15.5. The van der Waals surface area contributed by atoms with Crippen LogP contribution in [0.1, 0.15) is 28.2 Å². The largest absolute Gasteiger partial charge is 0.350 e. The third-order valence-electron chi connectivity index (χ3n) is 4.57. The summed E-state index contributed by atoms with van der Waals surface area (Å²) in [6.45, 7) is 2.48. The lowest BCUT2D eigenvalue weighted by Gasteiger charge is -2.10. The van der Waals surface area contributed by atoms with E-state index in [1.807, 2.05) is 41.9 Å². The van der Waals surface area contributed by atoms with Crippen LogP contribution in [0.3, 0.4) is 0 Å². The fourth-order valence-electron chi connectivity index (χ4n) is 2.91. The van der Waals surface area contributed by atoms with Crippen LogP contribution >= 0.6 is 22.9 Å². The number of amides is 1. The molecule has 1 aliphatic rings. The summed E-state index contributed by atoms with van der Waals surface area (Å²) >= 11 is 7.41. The topological polar surface area (TPSA) is 72.9 Å². The van der Waals surface area contributed by atoms with Crippen molar-refractivity contribution in [1.29, 1.82) is 0 Å². The molecule has 7 heteroatoms. The lowest BCUT2D eigenvalue weighted by Crippen LogP contribution is -2.38. The zero-order chi connectivity index (χ0) is 17.6. The minimum Gasteiger partial charge on any atom is -0.350 e. The highest BCUT2D eigenvalue weighted by atomic mass is 35.5. The van der Waals surface area contributed by atoms with Crippen LogP contribution in [0.2, 0.25) is 5.02 Å². The Hall–Kier alpha value is -1.89. The van der Waals surface area contributed by atoms with Crippen molar-refractivity contribution in [3.63, 3.8) is 0 Å². The molecule has 25 heavy (non-hydrogen) atoms. The molecule has 0 aliphatic heterocycles. The van der Waals surface area contributed by atoms with E-state index in [-0.39, 0.29) is 11.9 Å². The first kappa shape index (κ1) is 16.6. The summed E-state index contributed by atoms with van der Waals surface area (Å²) in [6.07, 6.45) is 2.35. The van der Waals surface area contributed by atoms with Crippen LogP contribution in [0, 0.1) is 12.8 Å². The van der Waals surface area contributed by atoms with Crippen molar-refractivity contribution < 1.29 is 4.79 Å². The van der Waals surface area contributed by atoms with E-state index in [2.05, 4.69) is 10.4 Å². The molecule has 0 radical (unpaired) electrons. The third kappa shape index (κ3) is 3.29.